The van der Waals surface area contributed by atoms with Gasteiger partial charge in [-0.25, -0.2) is 4.52 Å². The first-order valence-electron chi connectivity index (χ1n) is 6.50. The molecule has 2 aromatic heterocycles. The SMILES string of the molecule is Cc1cccn2nc(NCC3CCCCS3)nc12. The second kappa shape index (κ2) is 5.18. The summed E-state index contributed by atoms with van der Waals surface area (Å²) >= 11 is 2.07. The first-order valence-corrected chi connectivity index (χ1v) is 7.55. The summed E-state index contributed by atoms with van der Waals surface area (Å²) in [6.45, 7) is 3.03. The van der Waals surface area contributed by atoms with Crippen LogP contribution in [0.25, 0.3) is 5.65 Å². The number of hydrogen-bond donors (Lipinski definition) is 1. The molecule has 2 aromatic rings. The zero-order valence-corrected chi connectivity index (χ0v) is 11.4. The summed E-state index contributed by atoms with van der Waals surface area (Å²) in [6.07, 6.45) is 5.98. The summed E-state index contributed by atoms with van der Waals surface area (Å²) in [5.74, 6) is 2.04. The topological polar surface area (TPSA) is 42.2 Å². The van der Waals surface area contributed by atoms with Crippen LogP contribution >= 0.6 is 11.8 Å². The smallest absolute Gasteiger partial charge is 0.243 e. The predicted molar refractivity (Wildman–Crippen MR) is 76.3 cm³/mol. The number of thioether (sulfide) groups is 1. The van der Waals surface area contributed by atoms with Crippen LogP contribution < -0.4 is 5.32 Å². The Balaban J connectivity index is 1.69. The molecule has 3 rings (SSSR count). The lowest BCUT2D eigenvalue weighted by Crippen LogP contribution is -2.20. The fourth-order valence-corrected chi connectivity index (χ4v) is 3.53. The van der Waals surface area contributed by atoms with Crippen molar-refractivity contribution in [1.29, 1.82) is 0 Å². The number of nitrogens with one attached hydrogen (secondary N) is 1. The van der Waals surface area contributed by atoms with Crippen molar-refractivity contribution < 1.29 is 0 Å². The van der Waals surface area contributed by atoms with Gasteiger partial charge in [0.15, 0.2) is 5.65 Å². The van der Waals surface area contributed by atoms with E-state index in [2.05, 4.69) is 40.2 Å². The highest BCUT2D eigenvalue weighted by molar-refractivity contribution is 7.99. The number of aryl methyl sites for hydroxylation is 1. The first kappa shape index (κ1) is 11.8. The van der Waals surface area contributed by atoms with Gasteiger partial charge in [0.25, 0.3) is 0 Å². The Kier molecular flexibility index (Phi) is 3.41. The first-order chi connectivity index (χ1) is 8.83. The van der Waals surface area contributed by atoms with E-state index >= 15 is 0 Å². The van der Waals surface area contributed by atoms with Crippen molar-refractivity contribution in [2.45, 2.75) is 31.4 Å². The van der Waals surface area contributed by atoms with Crippen LogP contribution in [-0.4, -0.2) is 32.1 Å². The van der Waals surface area contributed by atoms with E-state index in [1.807, 2.05) is 16.8 Å². The number of hydrogen-bond acceptors (Lipinski definition) is 4. The van der Waals surface area contributed by atoms with Gasteiger partial charge in [-0.15, -0.1) is 5.10 Å². The maximum atomic E-state index is 4.53. The van der Waals surface area contributed by atoms with Crippen molar-refractivity contribution in [1.82, 2.24) is 14.6 Å². The van der Waals surface area contributed by atoms with E-state index in [0.29, 0.717) is 5.25 Å². The minimum absolute atomic E-state index is 0.714. The molecule has 1 aliphatic rings. The van der Waals surface area contributed by atoms with Crippen LogP contribution in [0.3, 0.4) is 0 Å². The lowest BCUT2D eigenvalue weighted by molar-refractivity contribution is 0.676. The summed E-state index contributed by atoms with van der Waals surface area (Å²) in [6, 6.07) is 4.06. The molecule has 0 spiro atoms. The molecule has 96 valence electrons. The van der Waals surface area contributed by atoms with Crippen LogP contribution in [0.15, 0.2) is 18.3 Å². The van der Waals surface area contributed by atoms with E-state index in [4.69, 9.17) is 0 Å². The molecule has 1 N–H and O–H groups in total. The Labute approximate surface area is 111 Å². The third-order valence-electron chi connectivity index (χ3n) is 3.32. The predicted octanol–water partition coefficient (Wildman–Crippen LogP) is 2.74. The number of rotatable bonds is 3. The molecule has 5 heteroatoms. The van der Waals surface area contributed by atoms with Crippen LogP contribution in [0.5, 0.6) is 0 Å². The van der Waals surface area contributed by atoms with Crippen LogP contribution in [0, 0.1) is 6.92 Å². The third kappa shape index (κ3) is 2.46. The van der Waals surface area contributed by atoms with Crippen LogP contribution in [-0.2, 0) is 0 Å². The number of nitrogens with zero attached hydrogens (tertiary/aromatic N) is 3. The largest absolute Gasteiger partial charge is 0.352 e. The van der Waals surface area contributed by atoms with Gasteiger partial charge >= 0.3 is 0 Å². The van der Waals surface area contributed by atoms with E-state index in [1.165, 1.54) is 25.0 Å². The third-order valence-corrected chi connectivity index (χ3v) is 4.72. The summed E-state index contributed by atoms with van der Waals surface area (Å²) in [5.41, 5.74) is 2.10. The number of pyridine rings is 1. The maximum absolute atomic E-state index is 4.53. The molecule has 18 heavy (non-hydrogen) atoms. The minimum atomic E-state index is 0.714. The van der Waals surface area contributed by atoms with Crippen LogP contribution in [0.2, 0.25) is 0 Å². The molecule has 1 unspecified atom stereocenters. The lowest BCUT2D eigenvalue weighted by Gasteiger charge is -2.20. The van der Waals surface area contributed by atoms with Crippen LogP contribution in [0.4, 0.5) is 5.95 Å². The quantitative estimate of drug-likeness (QED) is 0.923. The molecular weight excluding hydrogens is 244 g/mol. The van der Waals surface area contributed by atoms with Crippen molar-refractivity contribution in [3.63, 3.8) is 0 Å². The number of anilines is 1. The Morgan fingerprint density at radius 2 is 2.44 bits per heavy atom. The zero-order valence-electron chi connectivity index (χ0n) is 10.6. The number of aromatic nitrogens is 3. The average Bonchev–Trinajstić information content (AvgIpc) is 2.82. The van der Waals surface area contributed by atoms with Gasteiger partial charge in [-0.1, -0.05) is 12.5 Å². The molecule has 3 heterocycles. The molecule has 0 aromatic carbocycles. The second-order valence-electron chi connectivity index (χ2n) is 4.76. The molecule has 0 radical (unpaired) electrons. The number of fused-ring (bicyclic) bond motifs is 1. The fourth-order valence-electron chi connectivity index (χ4n) is 2.29. The normalized spacial score (nSPS) is 20.2. The van der Waals surface area contributed by atoms with Crippen molar-refractivity contribution in [2.24, 2.45) is 0 Å². The highest BCUT2D eigenvalue weighted by Crippen LogP contribution is 2.25. The molecule has 4 nitrogen and oxygen atoms in total. The standard InChI is InChI=1S/C13H18N4S/c1-10-5-4-7-17-12(10)15-13(16-17)14-9-11-6-2-3-8-18-11/h4-5,7,11H,2-3,6,8-9H2,1H3,(H,14,16). The summed E-state index contributed by atoms with van der Waals surface area (Å²) in [4.78, 5) is 4.53. The van der Waals surface area contributed by atoms with Crippen molar-refractivity contribution in [3.8, 4) is 0 Å². The molecule has 0 aliphatic carbocycles. The molecule has 0 amide bonds. The Morgan fingerprint density at radius 1 is 1.50 bits per heavy atom. The zero-order chi connectivity index (χ0) is 12.4. The van der Waals surface area contributed by atoms with Gasteiger partial charge in [0, 0.05) is 18.0 Å². The molecule has 1 atom stereocenters. The van der Waals surface area contributed by atoms with Crippen molar-refractivity contribution in [2.75, 3.05) is 17.6 Å². The summed E-state index contributed by atoms with van der Waals surface area (Å²) < 4.78 is 1.84. The van der Waals surface area contributed by atoms with Gasteiger partial charge in [-0.2, -0.15) is 16.7 Å². The van der Waals surface area contributed by atoms with E-state index in [9.17, 15) is 0 Å². The Bertz CT molecular complexity index is 531. The highest BCUT2D eigenvalue weighted by Gasteiger charge is 2.14. The molecule has 0 bridgehead atoms. The monoisotopic (exact) mass is 262 g/mol. The van der Waals surface area contributed by atoms with E-state index in [0.717, 1.165) is 23.7 Å². The van der Waals surface area contributed by atoms with Gasteiger partial charge in [0.05, 0.1) is 0 Å². The molecule has 1 saturated heterocycles. The van der Waals surface area contributed by atoms with Gasteiger partial charge in [0.2, 0.25) is 5.95 Å². The van der Waals surface area contributed by atoms with E-state index in [-0.39, 0.29) is 0 Å². The van der Waals surface area contributed by atoms with E-state index < -0.39 is 0 Å². The van der Waals surface area contributed by atoms with Crippen molar-refractivity contribution in [3.05, 3.63) is 23.9 Å². The van der Waals surface area contributed by atoms with Gasteiger partial charge in [-0.05, 0) is 37.1 Å². The molecular formula is C13H18N4S. The van der Waals surface area contributed by atoms with Crippen LogP contribution in [0.1, 0.15) is 24.8 Å². The van der Waals surface area contributed by atoms with Gasteiger partial charge in [0.1, 0.15) is 0 Å². The Hall–Kier alpha value is -1.23. The van der Waals surface area contributed by atoms with Gasteiger partial charge < -0.3 is 5.32 Å². The summed E-state index contributed by atoms with van der Waals surface area (Å²) in [5, 5.41) is 8.52. The molecule has 1 fully saturated rings. The molecule has 1 aliphatic heterocycles. The lowest BCUT2D eigenvalue weighted by atomic mass is 10.2. The van der Waals surface area contributed by atoms with Crippen molar-refractivity contribution >= 4 is 23.4 Å². The van der Waals surface area contributed by atoms with Gasteiger partial charge in [-0.3, -0.25) is 0 Å². The fraction of sp³-hybridized carbons (Fsp3) is 0.538. The highest BCUT2D eigenvalue weighted by atomic mass is 32.2. The maximum Gasteiger partial charge on any atom is 0.243 e. The second-order valence-corrected chi connectivity index (χ2v) is 6.17. The molecule has 0 saturated carbocycles. The summed E-state index contributed by atoms with van der Waals surface area (Å²) in [7, 11) is 0. The minimum Gasteiger partial charge on any atom is -0.352 e. The Morgan fingerprint density at radius 3 is 3.22 bits per heavy atom. The van der Waals surface area contributed by atoms with E-state index in [1.54, 1.807) is 0 Å². The average molecular weight is 262 g/mol.